The summed E-state index contributed by atoms with van der Waals surface area (Å²) in [6, 6.07) is 9.14. The fourth-order valence-electron chi connectivity index (χ4n) is 1.99. The van der Waals surface area contributed by atoms with Gasteiger partial charge in [0.15, 0.2) is 0 Å². The molecule has 21 heavy (non-hydrogen) atoms. The van der Waals surface area contributed by atoms with Crippen molar-refractivity contribution in [3.05, 3.63) is 41.7 Å². The average Bonchev–Trinajstić information content (AvgIpc) is 2.73. The number of anilines is 1. The third kappa shape index (κ3) is 4.52. The van der Waals surface area contributed by atoms with Crippen LogP contribution in [-0.4, -0.2) is 28.8 Å². The Kier molecular flexibility index (Phi) is 4.81. The van der Waals surface area contributed by atoms with E-state index in [9.17, 15) is 4.79 Å². The normalized spacial score (nSPS) is 10.4. The van der Waals surface area contributed by atoms with Crippen molar-refractivity contribution in [2.75, 3.05) is 18.9 Å². The summed E-state index contributed by atoms with van der Waals surface area (Å²) in [6.07, 6.45) is 0. The fraction of sp³-hybridized carbons (Fsp3) is 0.333. The molecule has 0 unspecified atom stereocenters. The van der Waals surface area contributed by atoms with E-state index in [4.69, 9.17) is 10.5 Å². The van der Waals surface area contributed by atoms with E-state index in [1.807, 2.05) is 32.0 Å². The van der Waals surface area contributed by atoms with Crippen LogP contribution in [0, 0.1) is 13.8 Å². The molecule has 6 heteroatoms. The van der Waals surface area contributed by atoms with Gasteiger partial charge in [-0.05, 0) is 32.0 Å². The van der Waals surface area contributed by atoms with E-state index >= 15 is 0 Å². The Morgan fingerprint density at radius 2 is 2.19 bits per heavy atom. The maximum Gasteiger partial charge on any atom is 0.241 e. The molecule has 0 saturated carbocycles. The molecule has 1 aromatic carbocycles. The van der Waals surface area contributed by atoms with E-state index in [0.29, 0.717) is 24.6 Å². The lowest BCUT2D eigenvalue weighted by molar-refractivity contribution is -0.122. The Balaban J connectivity index is 1.71. The van der Waals surface area contributed by atoms with Crippen molar-refractivity contribution in [3.63, 3.8) is 0 Å². The van der Waals surface area contributed by atoms with Crippen molar-refractivity contribution >= 4 is 11.6 Å². The zero-order valence-corrected chi connectivity index (χ0v) is 12.3. The molecule has 3 N–H and O–H groups in total. The molecule has 112 valence electrons. The van der Waals surface area contributed by atoms with Crippen molar-refractivity contribution in [2.24, 2.45) is 0 Å². The van der Waals surface area contributed by atoms with Gasteiger partial charge >= 0.3 is 0 Å². The molecule has 1 aromatic heterocycles. The molecule has 1 amide bonds. The number of carbonyl (C=O) groups is 1. The highest BCUT2D eigenvalue weighted by atomic mass is 16.5. The van der Waals surface area contributed by atoms with Gasteiger partial charge in [-0.2, -0.15) is 5.10 Å². The summed E-state index contributed by atoms with van der Waals surface area (Å²) in [5, 5.41) is 7.04. The minimum absolute atomic E-state index is 0.0858. The van der Waals surface area contributed by atoms with E-state index in [2.05, 4.69) is 10.4 Å². The van der Waals surface area contributed by atoms with E-state index in [-0.39, 0.29) is 12.5 Å². The van der Waals surface area contributed by atoms with Gasteiger partial charge in [0.2, 0.25) is 5.91 Å². The van der Waals surface area contributed by atoms with Gasteiger partial charge in [-0.15, -0.1) is 0 Å². The second-order valence-electron chi connectivity index (χ2n) is 4.86. The molecule has 0 aliphatic carbocycles. The number of benzene rings is 1. The highest BCUT2D eigenvalue weighted by molar-refractivity contribution is 5.75. The Bertz CT molecular complexity index is 622. The Labute approximate surface area is 123 Å². The predicted molar refractivity (Wildman–Crippen MR) is 81.1 cm³/mol. The summed E-state index contributed by atoms with van der Waals surface area (Å²) in [4.78, 5) is 11.8. The average molecular weight is 288 g/mol. The van der Waals surface area contributed by atoms with Crippen molar-refractivity contribution in [1.29, 1.82) is 0 Å². The summed E-state index contributed by atoms with van der Waals surface area (Å²) < 4.78 is 7.18. The Hall–Kier alpha value is -2.50. The number of ether oxygens (including phenoxy) is 1. The summed E-state index contributed by atoms with van der Waals surface area (Å²) >= 11 is 0. The topological polar surface area (TPSA) is 82.2 Å². The number of amides is 1. The first-order valence-electron chi connectivity index (χ1n) is 6.80. The van der Waals surface area contributed by atoms with Crippen LogP contribution in [-0.2, 0) is 11.3 Å². The third-order valence-electron chi connectivity index (χ3n) is 2.95. The van der Waals surface area contributed by atoms with E-state index in [1.54, 1.807) is 16.8 Å². The quantitative estimate of drug-likeness (QED) is 0.619. The molecule has 1 heterocycles. The van der Waals surface area contributed by atoms with Crippen LogP contribution >= 0.6 is 0 Å². The first-order chi connectivity index (χ1) is 10.0. The Morgan fingerprint density at radius 1 is 1.38 bits per heavy atom. The number of nitrogens with one attached hydrogen (secondary N) is 1. The number of aromatic nitrogens is 2. The number of aryl methyl sites for hydroxylation is 2. The van der Waals surface area contributed by atoms with Gasteiger partial charge in [0.05, 0.1) is 12.2 Å². The number of carbonyl (C=O) groups excluding carboxylic acids is 1. The second-order valence-corrected chi connectivity index (χ2v) is 4.86. The molecular formula is C15H20N4O2. The van der Waals surface area contributed by atoms with Crippen LogP contribution in [0.15, 0.2) is 30.3 Å². The number of hydrogen-bond donors (Lipinski definition) is 2. The predicted octanol–water partition coefficient (Wildman–Crippen LogP) is 1.28. The molecule has 0 saturated heterocycles. The fourth-order valence-corrected chi connectivity index (χ4v) is 1.99. The van der Waals surface area contributed by atoms with Crippen molar-refractivity contribution < 1.29 is 9.53 Å². The summed E-state index contributed by atoms with van der Waals surface area (Å²) in [7, 11) is 0. The van der Waals surface area contributed by atoms with Gasteiger partial charge in [-0.25, -0.2) is 0 Å². The van der Waals surface area contributed by atoms with Crippen LogP contribution in [0.25, 0.3) is 0 Å². The molecule has 0 spiro atoms. The van der Waals surface area contributed by atoms with Gasteiger partial charge in [0.1, 0.15) is 18.9 Å². The summed E-state index contributed by atoms with van der Waals surface area (Å²) in [6.45, 7) is 4.88. The van der Waals surface area contributed by atoms with Crippen molar-refractivity contribution in [1.82, 2.24) is 15.1 Å². The van der Waals surface area contributed by atoms with Crippen molar-refractivity contribution in [2.45, 2.75) is 20.4 Å². The second kappa shape index (κ2) is 6.78. The lowest BCUT2D eigenvalue weighted by Gasteiger charge is -2.09. The van der Waals surface area contributed by atoms with Crippen LogP contribution in [0.3, 0.4) is 0 Å². The number of nitrogens with zero attached hydrogens (tertiary/aromatic N) is 2. The van der Waals surface area contributed by atoms with Crippen LogP contribution in [0.5, 0.6) is 5.75 Å². The molecule has 0 bridgehead atoms. The molecule has 0 radical (unpaired) electrons. The largest absolute Gasteiger partial charge is 0.492 e. The summed E-state index contributed by atoms with van der Waals surface area (Å²) in [5.41, 5.74) is 8.19. The zero-order chi connectivity index (χ0) is 15.2. The number of nitrogens with two attached hydrogens (primary N) is 1. The number of rotatable bonds is 6. The first kappa shape index (κ1) is 14.9. The van der Waals surface area contributed by atoms with E-state index in [0.717, 1.165) is 11.4 Å². The minimum atomic E-state index is -0.0858. The lowest BCUT2D eigenvalue weighted by atomic mass is 10.3. The third-order valence-corrected chi connectivity index (χ3v) is 2.95. The highest BCUT2D eigenvalue weighted by Crippen LogP contribution is 2.13. The molecule has 0 aliphatic heterocycles. The lowest BCUT2D eigenvalue weighted by Crippen LogP contribution is -2.31. The highest BCUT2D eigenvalue weighted by Gasteiger charge is 2.06. The van der Waals surface area contributed by atoms with Gasteiger partial charge < -0.3 is 15.8 Å². The maximum atomic E-state index is 11.8. The van der Waals surface area contributed by atoms with Gasteiger partial charge in [-0.1, -0.05) is 6.07 Å². The molecule has 2 aromatic rings. The van der Waals surface area contributed by atoms with Crippen molar-refractivity contribution in [3.8, 4) is 5.75 Å². The maximum absolute atomic E-state index is 11.8. The zero-order valence-electron chi connectivity index (χ0n) is 12.3. The molecule has 0 atom stereocenters. The molecule has 6 nitrogen and oxygen atoms in total. The monoisotopic (exact) mass is 288 g/mol. The standard InChI is InChI=1S/C15H20N4O2/c1-11-8-12(2)19(18-11)10-15(20)17-6-7-21-14-5-3-4-13(16)9-14/h3-5,8-9H,6-7,10,16H2,1-2H3,(H,17,20). The van der Waals surface area contributed by atoms with Crippen LogP contribution in [0.1, 0.15) is 11.4 Å². The SMILES string of the molecule is Cc1cc(C)n(CC(=O)NCCOc2cccc(N)c2)n1. The van der Waals surface area contributed by atoms with Gasteiger partial charge in [-0.3, -0.25) is 9.48 Å². The molecule has 0 aliphatic rings. The van der Waals surface area contributed by atoms with Crippen LogP contribution in [0.4, 0.5) is 5.69 Å². The van der Waals surface area contributed by atoms with Crippen LogP contribution < -0.4 is 15.8 Å². The van der Waals surface area contributed by atoms with Gasteiger partial charge in [0, 0.05) is 17.4 Å². The molecule has 0 fully saturated rings. The van der Waals surface area contributed by atoms with E-state index in [1.165, 1.54) is 0 Å². The first-order valence-corrected chi connectivity index (χ1v) is 6.80. The number of nitrogen functional groups attached to an aromatic ring is 1. The molecule has 2 rings (SSSR count). The van der Waals surface area contributed by atoms with Crippen LogP contribution in [0.2, 0.25) is 0 Å². The minimum Gasteiger partial charge on any atom is -0.492 e. The smallest absolute Gasteiger partial charge is 0.241 e. The van der Waals surface area contributed by atoms with Gasteiger partial charge in [0.25, 0.3) is 0 Å². The Morgan fingerprint density at radius 3 is 2.86 bits per heavy atom. The molecular weight excluding hydrogens is 268 g/mol. The van der Waals surface area contributed by atoms with E-state index < -0.39 is 0 Å². The number of hydrogen-bond acceptors (Lipinski definition) is 4. The summed E-state index contributed by atoms with van der Waals surface area (Å²) in [5.74, 6) is 0.611.